The number of nitrogens with two attached hydrogens (primary N) is 1. The van der Waals surface area contributed by atoms with E-state index in [0.717, 1.165) is 37.9 Å². The van der Waals surface area contributed by atoms with Crippen molar-refractivity contribution in [3.63, 3.8) is 0 Å². The van der Waals surface area contributed by atoms with Crippen LogP contribution in [0, 0.1) is 5.92 Å². The molecule has 6 heteroatoms. The smallest absolute Gasteiger partial charge is 0.191 e. The highest BCUT2D eigenvalue weighted by Crippen LogP contribution is 2.16. The second-order valence-corrected chi connectivity index (χ2v) is 7.30. The lowest BCUT2D eigenvalue weighted by atomic mass is 9.99. The number of thioether (sulfide) groups is 1. The third kappa shape index (κ3) is 7.41. The first-order chi connectivity index (χ1) is 9.75. The molecule has 0 atom stereocenters. The highest BCUT2D eigenvalue weighted by Gasteiger charge is 2.15. The van der Waals surface area contributed by atoms with E-state index in [4.69, 9.17) is 5.73 Å². The minimum atomic E-state index is 0. The normalized spacial score (nSPS) is 22.1. The second kappa shape index (κ2) is 10.9. The van der Waals surface area contributed by atoms with Crippen LogP contribution in [-0.4, -0.2) is 66.5 Å². The number of rotatable bonds is 5. The largest absolute Gasteiger partial charge is 0.370 e. The SMILES string of the molecule is CC1CCN(CCCCN=C(N)N2CCSCC2)CC1.I. The van der Waals surface area contributed by atoms with Gasteiger partial charge >= 0.3 is 0 Å². The van der Waals surface area contributed by atoms with Crippen LogP contribution in [-0.2, 0) is 0 Å². The number of hydrogen-bond donors (Lipinski definition) is 1. The van der Waals surface area contributed by atoms with Crippen molar-refractivity contribution in [3.05, 3.63) is 0 Å². The zero-order valence-electron chi connectivity index (χ0n) is 13.3. The third-order valence-electron chi connectivity index (χ3n) is 4.37. The Balaban J connectivity index is 0.00000220. The van der Waals surface area contributed by atoms with E-state index < -0.39 is 0 Å². The van der Waals surface area contributed by atoms with Gasteiger partial charge in [-0.1, -0.05) is 6.92 Å². The van der Waals surface area contributed by atoms with Gasteiger partial charge in [0.25, 0.3) is 0 Å². The van der Waals surface area contributed by atoms with E-state index in [9.17, 15) is 0 Å². The molecule has 2 saturated heterocycles. The van der Waals surface area contributed by atoms with Crippen molar-refractivity contribution in [2.24, 2.45) is 16.6 Å². The Bertz CT molecular complexity index is 300. The predicted molar refractivity (Wildman–Crippen MR) is 105 cm³/mol. The molecule has 0 spiro atoms. The molecule has 4 nitrogen and oxygen atoms in total. The van der Waals surface area contributed by atoms with Crippen LogP contribution in [0.25, 0.3) is 0 Å². The van der Waals surface area contributed by atoms with Crippen LogP contribution in [0.15, 0.2) is 4.99 Å². The summed E-state index contributed by atoms with van der Waals surface area (Å²) in [6.45, 7) is 9.20. The van der Waals surface area contributed by atoms with Crippen LogP contribution >= 0.6 is 35.7 Å². The van der Waals surface area contributed by atoms with Crippen molar-refractivity contribution in [2.45, 2.75) is 32.6 Å². The molecule has 0 aromatic rings. The Hall–Kier alpha value is 0.310. The van der Waals surface area contributed by atoms with E-state index in [1.165, 1.54) is 50.4 Å². The van der Waals surface area contributed by atoms with Crippen molar-refractivity contribution in [2.75, 3.05) is 50.8 Å². The fraction of sp³-hybridized carbons (Fsp3) is 0.933. The molecule has 2 aliphatic heterocycles. The van der Waals surface area contributed by atoms with E-state index >= 15 is 0 Å². The molecule has 0 aliphatic carbocycles. The second-order valence-electron chi connectivity index (χ2n) is 6.07. The van der Waals surface area contributed by atoms with Gasteiger partial charge in [0, 0.05) is 31.1 Å². The zero-order chi connectivity index (χ0) is 14.2. The van der Waals surface area contributed by atoms with E-state index in [1.54, 1.807) is 0 Å². The Morgan fingerprint density at radius 2 is 1.81 bits per heavy atom. The monoisotopic (exact) mass is 426 g/mol. The summed E-state index contributed by atoms with van der Waals surface area (Å²) >= 11 is 2.01. The number of nitrogens with zero attached hydrogens (tertiary/aromatic N) is 3. The van der Waals surface area contributed by atoms with Gasteiger partial charge in [0.05, 0.1) is 0 Å². The molecule has 0 radical (unpaired) electrons. The molecule has 21 heavy (non-hydrogen) atoms. The molecule has 0 bridgehead atoms. The lowest BCUT2D eigenvalue weighted by molar-refractivity contribution is 0.190. The number of aliphatic imine (C=N–C) groups is 1. The van der Waals surface area contributed by atoms with Gasteiger partial charge < -0.3 is 15.5 Å². The maximum atomic E-state index is 6.04. The first kappa shape index (κ1) is 19.4. The summed E-state index contributed by atoms with van der Waals surface area (Å²) in [6.07, 6.45) is 5.16. The van der Waals surface area contributed by atoms with Gasteiger partial charge in [0.2, 0.25) is 0 Å². The third-order valence-corrected chi connectivity index (χ3v) is 5.31. The summed E-state index contributed by atoms with van der Waals surface area (Å²) in [5.74, 6) is 4.06. The van der Waals surface area contributed by atoms with E-state index in [1.807, 2.05) is 11.8 Å². The number of hydrogen-bond acceptors (Lipinski definition) is 3. The summed E-state index contributed by atoms with van der Waals surface area (Å²) in [7, 11) is 0. The first-order valence-corrected chi connectivity index (χ1v) is 9.26. The lowest BCUT2D eigenvalue weighted by Crippen LogP contribution is -2.42. The molecule has 0 unspecified atom stereocenters. The van der Waals surface area contributed by atoms with Crippen molar-refractivity contribution < 1.29 is 0 Å². The molecule has 2 rings (SSSR count). The molecule has 2 N–H and O–H groups in total. The molecule has 124 valence electrons. The Kier molecular flexibility index (Phi) is 10.1. The van der Waals surface area contributed by atoms with Gasteiger partial charge in [-0.3, -0.25) is 4.99 Å². The van der Waals surface area contributed by atoms with Crippen LogP contribution < -0.4 is 5.73 Å². The number of guanidine groups is 1. The van der Waals surface area contributed by atoms with Crippen LogP contribution in [0.1, 0.15) is 32.6 Å². The van der Waals surface area contributed by atoms with Gasteiger partial charge in [-0.2, -0.15) is 11.8 Å². The van der Waals surface area contributed by atoms with Gasteiger partial charge in [-0.05, 0) is 51.2 Å². The highest BCUT2D eigenvalue weighted by molar-refractivity contribution is 14.0. The van der Waals surface area contributed by atoms with Gasteiger partial charge in [0.15, 0.2) is 5.96 Å². The Morgan fingerprint density at radius 1 is 1.14 bits per heavy atom. The van der Waals surface area contributed by atoms with Crippen LogP contribution in [0.3, 0.4) is 0 Å². The van der Waals surface area contributed by atoms with Crippen molar-refractivity contribution in [1.82, 2.24) is 9.80 Å². The van der Waals surface area contributed by atoms with Crippen LogP contribution in [0.5, 0.6) is 0 Å². The van der Waals surface area contributed by atoms with E-state index in [-0.39, 0.29) is 24.0 Å². The lowest BCUT2D eigenvalue weighted by Gasteiger charge is -2.30. The minimum absolute atomic E-state index is 0. The predicted octanol–water partition coefficient (Wildman–Crippen LogP) is 2.48. The fourth-order valence-corrected chi connectivity index (χ4v) is 3.72. The Morgan fingerprint density at radius 3 is 2.48 bits per heavy atom. The van der Waals surface area contributed by atoms with Gasteiger partial charge in [0.1, 0.15) is 0 Å². The molecule has 2 heterocycles. The van der Waals surface area contributed by atoms with E-state index in [2.05, 4.69) is 21.7 Å². The zero-order valence-corrected chi connectivity index (χ0v) is 16.4. The van der Waals surface area contributed by atoms with Gasteiger partial charge in [-0.15, -0.1) is 24.0 Å². The molecule has 0 aromatic carbocycles. The molecular formula is C15H31IN4S. The summed E-state index contributed by atoms with van der Waals surface area (Å²) in [4.78, 5) is 9.37. The minimum Gasteiger partial charge on any atom is -0.370 e. The number of piperidine rings is 1. The molecule has 2 fully saturated rings. The van der Waals surface area contributed by atoms with Crippen LogP contribution in [0.2, 0.25) is 0 Å². The molecule has 0 aromatic heterocycles. The average molecular weight is 426 g/mol. The molecule has 0 saturated carbocycles. The summed E-state index contributed by atoms with van der Waals surface area (Å²) in [5, 5.41) is 0. The Labute approximate surface area is 151 Å². The molecule has 2 aliphatic rings. The van der Waals surface area contributed by atoms with Crippen molar-refractivity contribution in [3.8, 4) is 0 Å². The fourth-order valence-electron chi connectivity index (χ4n) is 2.82. The summed E-state index contributed by atoms with van der Waals surface area (Å²) in [5.41, 5.74) is 6.04. The number of unbranched alkanes of at least 4 members (excludes halogenated alkanes) is 1. The maximum absolute atomic E-state index is 6.04. The average Bonchev–Trinajstić information content (AvgIpc) is 2.49. The number of likely N-dealkylation sites (tertiary alicyclic amines) is 1. The van der Waals surface area contributed by atoms with E-state index in [0.29, 0.717) is 0 Å². The van der Waals surface area contributed by atoms with Crippen molar-refractivity contribution in [1.29, 1.82) is 0 Å². The topological polar surface area (TPSA) is 44.9 Å². The van der Waals surface area contributed by atoms with Crippen molar-refractivity contribution >= 4 is 41.7 Å². The highest BCUT2D eigenvalue weighted by atomic mass is 127. The first-order valence-electron chi connectivity index (χ1n) is 8.10. The molecule has 0 amide bonds. The van der Waals surface area contributed by atoms with Crippen LogP contribution in [0.4, 0.5) is 0 Å². The summed E-state index contributed by atoms with van der Waals surface area (Å²) < 4.78 is 0. The maximum Gasteiger partial charge on any atom is 0.191 e. The quantitative estimate of drug-likeness (QED) is 0.318. The van der Waals surface area contributed by atoms with Gasteiger partial charge in [-0.25, -0.2) is 0 Å². The molecular weight excluding hydrogens is 395 g/mol. The number of halogens is 1. The summed E-state index contributed by atoms with van der Waals surface area (Å²) in [6, 6.07) is 0. The standard InChI is InChI=1S/C15H30N4S.HI/c1-14-4-8-18(9-5-14)7-3-2-6-17-15(16)19-10-12-20-13-11-19;/h14H,2-13H2,1H3,(H2,16,17);1H.